The van der Waals surface area contributed by atoms with Crippen LogP contribution in [0.1, 0.15) is 28.0 Å². The first-order valence-electron chi connectivity index (χ1n) is 10.6. The molecule has 1 heterocycles. The van der Waals surface area contributed by atoms with Crippen LogP contribution < -0.4 is 9.47 Å². The maximum absolute atomic E-state index is 11.3. The second-order valence-corrected chi connectivity index (χ2v) is 8.71. The number of fused-ring (bicyclic) bond motifs is 1. The van der Waals surface area contributed by atoms with Crippen molar-refractivity contribution in [3.05, 3.63) is 94.4 Å². The highest BCUT2D eigenvalue weighted by Gasteiger charge is 2.15. The molecule has 4 nitrogen and oxygen atoms in total. The Balaban J connectivity index is 1.46. The molecule has 0 bridgehead atoms. The maximum atomic E-state index is 11.3. The van der Waals surface area contributed by atoms with E-state index in [0.29, 0.717) is 26.1 Å². The minimum Gasteiger partial charge on any atom is -0.488 e. The Morgan fingerprint density at radius 3 is 2.41 bits per heavy atom. The van der Waals surface area contributed by atoms with E-state index in [4.69, 9.17) is 14.2 Å². The molecule has 1 aromatic heterocycles. The fraction of sp³-hybridized carbons (Fsp3) is 0.222. The molecular weight excluding hydrogens is 420 g/mol. The predicted molar refractivity (Wildman–Crippen MR) is 128 cm³/mol. The molecule has 0 aliphatic rings. The molecule has 3 aromatic carbocycles. The van der Waals surface area contributed by atoms with Crippen molar-refractivity contribution in [3.8, 4) is 11.5 Å². The third kappa shape index (κ3) is 5.29. The Morgan fingerprint density at radius 2 is 1.62 bits per heavy atom. The lowest BCUT2D eigenvalue weighted by molar-refractivity contribution is -0.140. The van der Waals surface area contributed by atoms with Crippen LogP contribution in [-0.4, -0.2) is 13.1 Å². The Labute approximate surface area is 192 Å². The molecule has 0 spiro atoms. The molecule has 0 saturated heterocycles. The van der Waals surface area contributed by atoms with Crippen molar-refractivity contribution >= 4 is 27.4 Å². The number of methoxy groups -OCH3 is 1. The lowest BCUT2D eigenvalue weighted by Gasteiger charge is -2.11. The summed E-state index contributed by atoms with van der Waals surface area (Å²) in [4.78, 5) is 12.4. The number of ether oxygens (including phenoxy) is 3. The van der Waals surface area contributed by atoms with Crippen molar-refractivity contribution in [2.75, 3.05) is 7.11 Å². The smallest absolute Gasteiger partial charge is 0.305 e. The van der Waals surface area contributed by atoms with Gasteiger partial charge in [-0.25, -0.2) is 0 Å². The SMILES string of the molecule is COC(=O)CCc1ccc(OCc2sc3ccccc3c2OCc2ccccc2C)cc1. The van der Waals surface area contributed by atoms with Crippen LogP contribution in [0.2, 0.25) is 0 Å². The monoisotopic (exact) mass is 446 g/mol. The number of benzene rings is 3. The predicted octanol–water partition coefficient (Wildman–Crippen LogP) is 6.47. The minimum atomic E-state index is -0.201. The van der Waals surface area contributed by atoms with Crippen LogP contribution in [0.25, 0.3) is 10.1 Å². The van der Waals surface area contributed by atoms with Gasteiger partial charge in [-0.15, -0.1) is 11.3 Å². The van der Waals surface area contributed by atoms with Crippen molar-refractivity contribution in [3.63, 3.8) is 0 Å². The van der Waals surface area contributed by atoms with Gasteiger partial charge in [-0.3, -0.25) is 4.79 Å². The molecule has 0 aliphatic carbocycles. The summed E-state index contributed by atoms with van der Waals surface area (Å²) in [6, 6.07) is 24.4. The third-order valence-electron chi connectivity index (χ3n) is 5.39. The number of carbonyl (C=O) groups excluding carboxylic acids is 1. The summed E-state index contributed by atoms with van der Waals surface area (Å²) in [6.07, 6.45) is 1.03. The largest absolute Gasteiger partial charge is 0.488 e. The van der Waals surface area contributed by atoms with Gasteiger partial charge in [0.15, 0.2) is 0 Å². The van der Waals surface area contributed by atoms with Gasteiger partial charge in [0.25, 0.3) is 0 Å². The summed E-state index contributed by atoms with van der Waals surface area (Å²) in [5.41, 5.74) is 3.47. The highest BCUT2D eigenvalue weighted by Crippen LogP contribution is 2.39. The highest BCUT2D eigenvalue weighted by atomic mass is 32.1. The van der Waals surface area contributed by atoms with Crippen LogP contribution in [0.4, 0.5) is 0 Å². The molecule has 0 aliphatic heterocycles. The zero-order valence-electron chi connectivity index (χ0n) is 18.3. The Morgan fingerprint density at radius 1 is 0.875 bits per heavy atom. The second-order valence-electron chi connectivity index (χ2n) is 7.57. The first-order valence-corrected chi connectivity index (χ1v) is 11.4. The van der Waals surface area contributed by atoms with Gasteiger partial charge in [-0.05, 0) is 54.3 Å². The van der Waals surface area contributed by atoms with Crippen molar-refractivity contribution in [1.29, 1.82) is 0 Å². The summed E-state index contributed by atoms with van der Waals surface area (Å²) >= 11 is 1.70. The molecule has 0 radical (unpaired) electrons. The lowest BCUT2D eigenvalue weighted by atomic mass is 10.1. The van der Waals surface area contributed by atoms with Gasteiger partial charge in [0, 0.05) is 16.5 Å². The number of carbonyl (C=O) groups is 1. The van der Waals surface area contributed by atoms with Crippen LogP contribution in [-0.2, 0) is 29.2 Å². The number of esters is 1. The zero-order chi connectivity index (χ0) is 22.3. The first-order chi connectivity index (χ1) is 15.6. The molecule has 4 rings (SSSR count). The third-order valence-corrected chi connectivity index (χ3v) is 6.52. The molecule has 32 heavy (non-hydrogen) atoms. The zero-order valence-corrected chi connectivity index (χ0v) is 19.1. The average molecular weight is 447 g/mol. The highest BCUT2D eigenvalue weighted by molar-refractivity contribution is 7.19. The van der Waals surface area contributed by atoms with Crippen LogP contribution in [0.3, 0.4) is 0 Å². The second kappa shape index (κ2) is 10.3. The van der Waals surface area contributed by atoms with Gasteiger partial charge in [0.2, 0.25) is 0 Å². The Kier molecular flexibility index (Phi) is 7.07. The van der Waals surface area contributed by atoms with Crippen LogP contribution in [0.5, 0.6) is 11.5 Å². The van der Waals surface area contributed by atoms with E-state index in [1.165, 1.54) is 22.9 Å². The number of hydrogen-bond donors (Lipinski definition) is 0. The summed E-state index contributed by atoms with van der Waals surface area (Å²) < 4.78 is 18.3. The summed E-state index contributed by atoms with van der Waals surface area (Å²) in [6.45, 7) is 3.06. The summed E-state index contributed by atoms with van der Waals surface area (Å²) in [5.74, 6) is 1.48. The molecule has 4 aromatic rings. The number of thiophene rings is 1. The van der Waals surface area contributed by atoms with E-state index >= 15 is 0 Å². The van der Waals surface area contributed by atoms with Gasteiger partial charge >= 0.3 is 5.97 Å². The molecule has 0 atom stereocenters. The van der Waals surface area contributed by atoms with Crippen molar-refractivity contribution in [2.24, 2.45) is 0 Å². The average Bonchev–Trinajstić information content (AvgIpc) is 3.18. The van der Waals surface area contributed by atoms with E-state index in [1.54, 1.807) is 11.3 Å². The first kappa shape index (κ1) is 21.9. The van der Waals surface area contributed by atoms with E-state index in [9.17, 15) is 4.79 Å². The topological polar surface area (TPSA) is 44.8 Å². The number of rotatable bonds is 9. The minimum absolute atomic E-state index is 0.201. The molecule has 0 fully saturated rings. The van der Waals surface area contributed by atoms with Crippen LogP contribution in [0.15, 0.2) is 72.8 Å². The van der Waals surface area contributed by atoms with E-state index in [1.807, 2.05) is 48.5 Å². The van der Waals surface area contributed by atoms with Gasteiger partial charge in [0.1, 0.15) is 24.7 Å². The number of hydrogen-bond acceptors (Lipinski definition) is 5. The normalized spacial score (nSPS) is 10.8. The fourth-order valence-corrected chi connectivity index (χ4v) is 4.56. The summed E-state index contributed by atoms with van der Waals surface area (Å²) in [7, 11) is 1.41. The summed E-state index contributed by atoms with van der Waals surface area (Å²) in [5, 5.41) is 1.11. The van der Waals surface area contributed by atoms with Gasteiger partial charge in [-0.1, -0.05) is 48.5 Å². The van der Waals surface area contributed by atoms with Crippen molar-refractivity contribution < 1.29 is 19.0 Å². The quantitative estimate of drug-likeness (QED) is 0.276. The molecular formula is C27H26O4S. The van der Waals surface area contributed by atoms with E-state index < -0.39 is 0 Å². The number of aryl methyl sites for hydroxylation is 2. The molecule has 5 heteroatoms. The van der Waals surface area contributed by atoms with E-state index in [-0.39, 0.29) is 5.97 Å². The van der Waals surface area contributed by atoms with E-state index in [2.05, 4.69) is 31.2 Å². The van der Waals surface area contributed by atoms with Gasteiger partial charge in [-0.2, -0.15) is 0 Å². The van der Waals surface area contributed by atoms with Crippen molar-refractivity contribution in [2.45, 2.75) is 33.0 Å². The Hall–Kier alpha value is -3.31. The standard InChI is InChI=1S/C27H26O4S/c1-19-7-3-4-8-21(19)17-31-27-23-9-5-6-10-24(23)32-25(27)18-30-22-14-11-20(12-15-22)13-16-26(28)29-2/h3-12,14-15H,13,16-18H2,1-2H3. The molecule has 0 amide bonds. The fourth-order valence-electron chi connectivity index (χ4n) is 3.50. The molecule has 164 valence electrons. The molecule has 0 saturated carbocycles. The lowest BCUT2D eigenvalue weighted by Crippen LogP contribution is -2.02. The van der Waals surface area contributed by atoms with E-state index in [0.717, 1.165) is 27.3 Å². The molecule has 0 unspecified atom stereocenters. The maximum Gasteiger partial charge on any atom is 0.305 e. The van der Waals surface area contributed by atoms with Crippen LogP contribution >= 0.6 is 11.3 Å². The van der Waals surface area contributed by atoms with Gasteiger partial charge in [0.05, 0.1) is 12.0 Å². The van der Waals surface area contributed by atoms with Gasteiger partial charge < -0.3 is 14.2 Å². The Bertz CT molecular complexity index is 1190. The van der Waals surface area contributed by atoms with Crippen LogP contribution in [0, 0.1) is 6.92 Å². The van der Waals surface area contributed by atoms with Crippen molar-refractivity contribution in [1.82, 2.24) is 0 Å². The molecule has 0 N–H and O–H groups in total.